The predicted octanol–water partition coefficient (Wildman–Crippen LogP) is 6.99. The molecule has 0 unspecified atom stereocenters. The molecule has 4 amide bonds. The van der Waals surface area contributed by atoms with Gasteiger partial charge in [0.15, 0.2) is 0 Å². The largest absolute Gasteiger partial charge is 0.403 e. The van der Waals surface area contributed by atoms with Crippen molar-refractivity contribution < 1.29 is 32.1 Å². The number of rotatable bonds is 11. The zero-order valence-corrected chi connectivity index (χ0v) is 35.8. The number of carbonyl (C=O) groups excluding carboxylic acids is 3. The molecule has 0 atom stereocenters. The van der Waals surface area contributed by atoms with Gasteiger partial charge in [0.25, 0.3) is 11.7 Å². The molecule has 0 bridgehead atoms. The van der Waals surface area contributed by atoms with Crippen LogP contribution in [0.25, 0.3) is 33.5 Å². The second kappa shape index (κ2) is 17.0. The van der Waals surface area contributed by atoms with E-state index in [-0.39, 0.29) is 31.3 Å². The van der Waals surface area contributed by atoms with Crippen LogP contribution in [0.4, 0.5) is 35.0 Å². The fourth-order valence-electron chi connectivity index (χ4n) is 9.31. The molecule has 3 N–H and O–H groups in total. The third-order valence-electron chi connectivity index (χ3n) is 13.4. The highest BCUT2D eigenvalue weighted by Gasteiger charge is 2.68. The topological polar surface area (TPSA) is 169 Å². The molecule has 3 saturated heterocycles. The third-order valence-corrected chi connectivity index (χ3v) is 13.4. The lowest BCUT2D eigenvalue weighted by atomic mass is 9.95. The summed E-state index contributed by atoms with van der Waals surface area (Å²) in [5, 5.41) is 9.46. The van der Waals surface area contributed by atoms with E-state index in [9.17, 15) is 27.6 Å². The van der Waals surface area contributed by atoms with Gasteiger partial charge in [0, 0.05) is 99.0 Å². The summed E-state index contributed by atoms with van der Waals surface area (Å²) >= 11 is 0. The average molecular weight is 888 g/mol. The number of nitrogens with zero attached hydrogens (tertiary/aromatic N) is 8. The Morgan fingerprint density at radius 3 is 2.20 bits per heavy atom. The van der Waals surface area contributed by atoms with Crippen molar-refractivity contribution in [2.24, 2.45) is 5.92 Å². The van der Waals surface area contributed by atoms with E-state index in [0.29, 0.717) is 24.5 Å². The van der Waals surface area contributed by atoms with E-state index in [0.717, 1.165) is 109 Å². The minimum Gasteiger partial charge on any atom is -0.372 e. The van der Waals surface area contributed by atoms with Gasteiger partial charge in [-0.25, -0.2) is 14.8 Å². The van der Waals surface area contributed by atoms with E-state index in [1.54, 1.807) is 4.90 Å². The zero-order chi connectivity index (χ0) is 44.9. The highest BCUT2D eigenvalue weighted by Crippen LogP contribution is 2.58. The number of benzene rings is 3. The van der Waals surface area contributed by atoms with Crippen LogP contribution in [0, 0.1) is 12.8 Å². The Bertz CT molecular complexity index is 2730. The Hall–Kier alpha value is -6.82. The van der Waals surface area contributed by atoms with Crippen LogP contribution in [0.3, 0.4) is 0 Å². The van der Waals surface area contributed by atoms with Crippen LogP contribution in [0.2, 0.25) is 0 Å². The Balaban J connectivity index is 0.706. The van der Waals surface area contributed by atoms with E-state index in [4.69, 9.17) is 4.52 Å². The summed E-state index contributed by atoms with van der Waals surface area (Å²) in [5.74, 6) is -1.29. The van der Waals surface area contributed by atoms with Gasteiger partial charge in [-0.1, -0.05) is 29.4 Å². The van der Waals surface area contributed by atoms with Crippen molar-refractivity contribution in [1.29, 1.82) is 0 Å². The van der Waals surface area contributed by atoms with Crippen LogP contribution >= 0.6 is 0 Å². The number of aromatic amines is 1. The molecule has 3 aliphatic heterocycles. The number of carbonyl (C=O) groups is 3. The average Bonchev–Trinajstić information content (AvgIpc) is 3.78. The molecule has 1 aliphatic carbocycles. The highest BCUT2D eigenvalue weighted by molar-refractivity contribution is 6.05. The van der Waals surface area contributed by atoms with Gasteiger partial charge in [-0.3, -0.25) is 24.7 Å². The quantitative estimate of drug-likeness (QED) is 0.123. The minimum atomic E-state index is -4.52. The number of fused-ring (bicyclic) bond motifs is 1. The standard InChI is InChI=1S/C47H48F3N11O4/c1-29-24-32(2-3-33(29)26-51-43(63)42-56-44(65-57-42)46(15-16-46)47(48,49)50)40-37-25-38(54-41(37)53-28-52-40)31-4-6-34(7-5-31)60-22-20-58(21-23-60)27-30-12-17-59(18-13-30)35-8-10-36(11-9-35)61-19-14-39(62)55-45(61)64/h2-11,24-25,28,30H,12-23,26-27H2,1H3,(H,51,63)(H,52,53,54)(H,55,62,64). The number of aryl methyl sites for hydroxylation is 1. The second-order valence-corrected chi connectivity index (χ2v) is 17.5. The van der Waals surface area contributed by atoms with Crippen molar-refractivity contribution in [2.45, 2.75) is 57.2 Å². The SMILES string of the molecule is Cc1cc(-c2ncnc3[nH]c(-c4ccc(N5CCN(CC6CCN(c7ccc(N8CCC(=O)NC8=O)cc7)CC6)CC5)cc4)cc23)ccc1CNC(=O)c1noc(C2(C(F)(F)F)CC2)n1. The van der Waals surface area contributed by atoms with Crippen LogP contribution in [0.1, 0.15) is 59.7 Å². The first-order chi connectivity index (χ1) is 31.4. The molecule has 6 aromatic rings. The highest BCUT2D eigenvalue weighted by atomic mass is 19.4. The van der Waals surface area contributed by atoms with E-state index in [1.807, 2.05) is 37.3 Å². The number of urea groups is 1. The smallest absolute Gasteiger partial charge is 0.372 e. The molecule has 15 nitrogen and oxygen atoms in total. The van der Waals surface area contributed by atoms with E-state index in [1.165, 1.54) is 12.0 Å². The summed E-state index contributed by atoms with van der Waals surface area (Å²) in [5.41, 5.74) is 7.01. The van der Waals surface area contributed by atoms with Crippen molar-refractivity contribution in [1.82, 2.24) is 40.6 Å². The molecule has 336 valence electrons. The van der Waals surface area contributed by atoms with Crippen molar-refractivity contribution in [2.75, 3.05) is 67.1 Å². The van der Waals surface area contributed by atoms with Crippen molar-refractivity contribution >= 4 is 45.9 Å². The molecule has 3 aromatic heterocycles. The Morgan fingerprint density at radius 2 is 1.52 bits per heavy atom. The number of alkyl halides is 3. The molecule has 18 heteroatoms. The van der Waals surface area contributed by atoms with Crippen LogP contribution < -0.4 is 25.3 Å². The number of halogens is 3. The molecule has 4 fully saturated rings. The van der Waals surface area contributed by atoms with Gasteiger partial charge in [0.1, 0.15) is 17.4 Å². The Morgan fingerprint density at radius 1 is 0.846 bits per heavy atom. The maximum atomic E-state index is 13.5. The Kier molecular flexibility index (Phi) is 11.0. The molecular formula is C47H48F3N11O4. The number of nitrogens with one attached hydrogen (secondary N) is 3. The molecule has 6 heterocycles. The van der Waals surface area contributed by atoms with Gasteiger partial charge < -0.3 is 24.6 Å². The summed E-state index contributed by atoms with van der Waals surface area (Å²) < 4.78 is 45.3. The number of imide groups is 1. The summed E-state index contributed by atoms with van der Waals surface area (Å²) in [6, 6.07) is 24.2. The van der Waals surface area contributed by atoms with Gasteiger partial charge in [0.2, 0.25) is 11.8 Å². The number of piperazine rings is 1. The molecule has 3 aromatic carbocycles. The maximum Gasteiger partial charge on any atom is 0.403 e. The van der Waals surface area contributed by atoms with Crippen molar-refractivity contribution in [3.05, 3.63) is 102 Å². The number of anilines is 3. The first-order valence-corrected chi connectivity index (χ1v) is 22.1. The molecule has 10 rings (SSSR count). The lowest BCUT2D eigenvalue weighted by Crippen LogP contribution is -2.49. The molecule has 0 spiro atoms. The maximum absolute atomic E-state index is 13.5. The van der Waals surface area contributed by atoms with Crippen LogP contribution in [0.15, 0.2) is 83.6 Å². The van der Waals surface area contributed by atoms with Crippen molar-refractivity contribution in [3.8, 4) is 22.5 Å². The van der Waals surface area contributed by atoms with Gasteiger partial charge in [0.05, 0.1) is 5.69 Å². The molecule has 0 radical (unpaired) electrons. The predicted molar refractivity (Wildman–Crippen MR) is 237 cm³/mol. The van der Waals surface area contributed by atoms with Gasteiger partial charge >= 0.3 is 12.2 Å². The first kappa shape index (κ1) is 42.1. The first-order valence-electron chi connectivity index (χ1n) is 22.1. The number of hydrogen-bond acceptors (Lipinski definition) is 11. The van der Waals surface area contributed by atoms with Gasteiger partial charge in [-0.2, -0.15) is 18.2 Å². The fourth-order valence-corrected chi connectivity index (χ4v) is 9.31. The van der Waals surface area contributed by atoms with Gasteiger partial charge in [-0.15, -0.1) is 0 Å². The third kappa shape index (κ3) is 8.49. The number of amides is 4. The van der Waals surface area contributed by atoms with Crippen LogP contribution in [0.5, 0.6) is 0 Å². The summed E-state index contributed by atoms with van der Waals surface area (Å²) in [7, 11) is 0. The zero-order valence-electron chi connectivity index (χ0n) is 35.8. The monoisotopic (exact) mass is 887 g/mol. The van der Waals surface area contributed by atoms with Gasteiger partial charge in [-0.05, 0) is 104 Å². The van der Waals surface area contributed by atoms with Crippen molar-refractivity contribution in [3.63, 3.8) is 0 Å². The summed E-state index contributed by atoms with van der Waals surface area (Å²) in [6.07, 6.45) is -0.669. The summed E-state index contributed by atoms with van der Waals surface area (Å²) in [6.45, 7) is 9.53. The fraction of sp³-hybridized carbons (Fsp3) is 0.383. The number of hydrogen-bond donors (Lipinski definition) is 3. The second-order valence-electron chi connectivity index (χ2n) is 17.5. The number of piperidine rings is 1. The lowest BCUT2D eigenvalue weighted by molar-refractivity contribution is -0.166. The minimum absolute atomic E-state index is 0.118. The number of aromatic nitrogens is 5. The van der Waals surface area contributed by atoms with E-state index < -0.39 is 29.2 Å². The summed E-state index contributed by atoms with van der Waals surface area (Å²) in [4.78, 5) is 62.0. The van der Waals surface area contributed by atoms with Crippen LogP contribution in [-0.2, 0) is 16.8 Å². The molecule has 4 aliphatic rings. The molecular weight excluding hydrogens is 840 g/mol. The Labute approximate surface area is 372 Å². The number of H-pyrrole nitrogens is 1. The van der Waals surface area contributed by atoms with E-state index >= 15 is 0 Å². The molecule has 65 heavy (non-hydrogen) atoms. The normalized spacial score (nSPS) is 18.3. The molecule has 1 saturated carbocycles. The lowest BCUT2D eigenvalue weighted by Gasteiger charge is -2.40. The van der Waals surface area contributed by atoms with Crippen LogP contribution in [-0.4, -0.2) is 106 Å². The van der Waals surface area contributed by atoms with E-state index in [2.05, 4.69) is 92.9 Å².